The van der Waals surface area contributed by atoms with Crippen LogP contribution in [0.1, 0.15) is 39.5 Å². The molecule has 166 valence electrons. The Morgan fingerprint density at radius 1 is 1.25 bits per heavy atom. The first-order chi connectivity index (χ1) is 15.3. The molecule has 1 aliphatic rings. The average molecular weight is 451 g/mol. The van der Waals surface area contributed by atoms with E-state index in [1.807, 2.05) is 51.4 Å². The third-order valence-corrected chi connectivity index (χ3v) is 6.00. The second-order valence-corrected chi connectivity index (χ2v) is 8.55. The molecule has 0 radical (unpaired) electrons. The minimum atomic E-state index is -0.944. The first-order valence-electron chi connectivity index (χ1n) is 10.4. The largest absolute Gasteiger partial charge is 0.478 e. The number of nitrogens with one attached hydrogen (secondary N) is 1. The summed E-state index contributed by atoms with van der Waals surface area (Å²) >= 11 is 5.68. The first kappa shape index (κ1) is 22.0. The van der Waals surface area contributed by atoms with E-state index in [9.17, 15) is 9.90 Å². The molecular weight excluding hydrogens is 424 g/mol. The predicted octanol–water partition coefficient (Wildman–Crippen LogP) is 3.88. The van der Waals surface area contributed by atoms with Gasteiger partial charge in [-0.2, -0.15) is 0 Å². The van der Waals surface area contributed by atoms with E-state index >= 15 is 0 Å². The topological polar surface area (TPSA) is 81.8 Å². The third-order valence-electron chi connectivity index (χ3n) is 5.64. The number of hydrogen-bond donors (Lipinski definition) is 2. The van der Waals surface area contributed by atoms with Crippen LogP contribution in [0, 0.1) is 6.92 Å². The van der Waals surface area contributed by atoms with Gasteiger partial charge in [-0.1, -0.05) is 12.1 Å². The summed E-state index contributed by atoms with van der Waals surface area (Å²) in [4.78, 5) is 20.1. The zero-order valence-electron chi connectivity index (χ0n) is 18.3. The molecule has 1 fully saturated rings. The molecule has 1 aliphatic heterocycles. The molecule has 32 heavy (non-hydrogen) atoms. The number of benzene rings is 1. The molecule has 8 heteroatoms. The Balaban J connectivity index is 1.70. The summed E-state index contributed by atoms with van der Waals surface area (Å²) in [5, 5.41) is 13.3. The molecule has 0 saturated carbocycles. The van der Waals surface area contributed by atoms with E-state index in [4.69, 9.17) is 16.6 Å². The summed E-state index contributed by atoms with van der Waals surface area (Å²) in [6.07, 6.45) is 1.78. The lowest BCUT2D eigenvalue weighted by molar-refractivity contribution is 0.0697. The van der Waals surface area contributed by atoms with E-state index in [0.29, 0.717) is 10.9 Å². The van der Waals surface area contributed by atoms with Crippen LogP contribution in [0.3, 0.4) is 0 Å². The molecule has 1 aromatic carbocycles. The number of aromatic carboxylic acids is 1. The lowest BCUT2D eigenvalue weighted by atomic mass is 10.0. The number of carboxylic acids is 1. The summed E-state index contributed by atoms with van der Waals surface area (Å²) < 4.78 is 6.34. The van der Waals surface area contributed by atoms with E-state index in [2.05, 4.69) is 20.1 Å². The van der Waals surface area contributed by atoms with Gasteiger partial charge in [0.1, 0.15) is 17.6 Å². The first-order valence-corrected chi connectivity index (χ1v) is 10.8. The van der Waals surface area contributed by atoms with Crippen molar-refractivity contribution in [2.45, 2.75) is 19.0 Å². The zero-order chi connectivity index (χ0) is 22.8. The van der Waals surface area contributed by atoms with Crippen molar-refractivity contribution in [1.82, 2.24) is 20.1 Å². The standard InChI is InChI=1S/C24H26N4O3S/c1-15-14-16(23(29)30)7-8-17(15)19-9-10-20(31-19)22-21(18-6-4-5-11-25-18)26-24(32)28(22)13-12-27(2)3/h4-11,14,21-22H,12-13H2,1-3H3,(H,26,32)(H,29,30)/t21-,22+/m0/s1. The van der Waals surface area contributed by atoms with Gasteiger partial charge in [0.25, 0.3) is 0 Å². The van der Waals surface area contributed by atoms with Gasteiger partial charge in [0.2, 0.25) is 0 Å². The van der Waals surface area contributed by atoms with Crippen molar-refractivity contribution in [2.24, 2.45) is 0 Å². The van der Waals surface area contributed by atoms with Crippen molar-refractivity contribution in [3.05, 3.63) is 77.3 Å². The van der Waals surface area contributed by atoms with E-state index < -0.39 is 5.97 Å². The van der Waals surface area contributed by atoms with Crippen molar-refractivity contribution < 1.29 is 14.3 Å². The lowest BCUT2D eigenvalue weighted by Crippen LogP contribution is -2.35. The van der Waals surface area contributed by atoms with Gasteiger partial charge in [0.05, 0.1) is 17.3 Å². The highest BCUT2D eigenvalue weighted by atomic mass is 32.1. The van der Waals surface area contributed by atoms with Crippen molar-refractivity contribution in [1.29, 1.82) is 0 Å². The minimum Gasteiger partial charge on any atom is -0.478 e. The molecule has 1 saturated heterocycles. The smallest absolute Gasteiger partial charge is 0.335 e. The molecule has 7 nitrogen and oxygen atoms in total. The Labute approximate surface area is 192 Å². The quantitative estimate of drug-likeness (QED) is 0.525. The monoisotopic (exact) mass is 450 g/mol. The van der Waals surface area contributed by atoms with Crippen LogP contribution in [0.15, 0.2) is 59.1 Å². The van der Waals surface area contributed by atoms with E-state index in [-0.39, 0.29) is 17.6 Å². The van der Waals surface area contributed by atoms with Crippen LogP contribution >= 0.6 is 12.2 Å². The van der Waals surface area contributed by atoms with E-state index in [1.54, 1.807) is 24.4 Å². The summed E-state index contributed by atoms with van der Waals surface area (Å²) in [6, 6.07) is 14.5. The third kappa shape index (κ3) is 4.37. The van der Waals surface area contributed by atoms with Crippen molar-refractivity contribution in [3.8, 4) is 11.3 Å². The van der Waals surface area contributed by atoms with Crippen LogP contribution in [0.25, 0.3) is 11.3 Å². The number of furan rings is 1. The number of aryl methyl sites for hydroxylation is 1. The maximum atomic E-state index is 11.3. The Morgan fingerprint density at radius 2 is 2.06 bits per heavy atom. The average Bonchev–Trinajstić information content (AvgIpc) is 3.37. The summed E-state index contributed by atoms with van der Waals surface area (Å²) in [5.41, 5.74) is 2.86. The number of pyridine rings is 1. The summed E-state index contributed by atoms with van der Waals surface area (Å²) in [6.45, 7) is 3.47. The fourth-order valence-electron chi connectivity index (χ4n) is 3.99. The number of thiocarbonyl (C=S) groups is 1. The predicted molar refractivity (Wildman–Crippen MR) is 127 cm³/mol. The molecule has 0 aliphatic carbocycles. The SMILES string of the molecule is Cc1cc(C(=O)O)ccc1-c1ccc([C@@H]2[C@H](c3ccccn3)NC(=S)N2CCN(C)C)o1. The number of carboxylic acid groups (broad SMARTS) is 1. The van der Waals surface area contributed by atoms with Crippen LogP contribution < -0.4 is 5.32 Å². The molecule has 4 rings (SSSR count). The molecule has 0 bridgehead atoms. The molecule has 0 amide bonds. The van der Waals surface area contributed by atoms with Gasteiger partial charge in [-0.05, 0) is 75.2 Å². The highest BCUT2D eigenvalue weighted by Gasteiger charge is 2.41. The number of carbonyl (C=O) groups is 1. The Morgan fingerprint density at radius 3 is 2.72 bits per heavy atom. The Hall–Kier alpha value is -3.23. The summed E-state index contributed by atoms with van der Waals surface area (Å²) in [5.74, 6) is 0.531. The van der Waals surface area contributed by atoms with Gasteiger partial charge in [0.15, 0.2) is 5.11 Å². The molecule has 3 aromatic rings. The van der Waals surface area contributed by atoms with E-state index in [1.165, 1.54) is 0 Å². The Bertz CT molecular complexity index is 1130. The maximum Gasteiger partial charge on any atom is 0.335 e. The fraction of sp³-hybridized carbons (Fsp3) is 0.292. The molecule has 2 N–H and O–H groups in total. The van der Waals surface area contributed by atoms with Crippen molar-refractivity contribution >= 4 is 23.3 Å². The number of hydrogen-bond acceptors (Lipinski definition) is 5. The summed E-state index contributed by atoms with van der Waals surface area (Å²) in [7, 11) is 4.07. The number of nitrogens with zero attached hydrogens (tertiary/aromatic N) is 3. The van der Waals surface area contributed by atoms with Crippen molar-refractivity contribution in [3.63, 3.8) is 0 Å². The van der Waals surface area contributed by atoms with Gasteiger partial charge in [-0.25, -0.2) is 4.79 Å². The van der Waals surface area contributed by atoms with Gasteiger partial charge >= 0.3 is 5.97 Å². The zero-order valence-corrected chi connectivity index (χ0v) is 19.1. The number of aromatic nitrogens is 1. The van der Waals surface area contributed by atoms with Gasteiger partial charge < -0.3 is 24.6 Å². The molecule has 3 heterocycles. The van der Waals surface area contributed by atoms with Crippen LogP contribution in [0.4, 0.5) is 0 Å². The second kappa shape index (κ2) is 9.10. The van der Waals surface area contributed by atoms with Gasteiger partial charge in [0, 0.05) is 24.8 Å². The fourth-order valence-corrected chi connectivity index (χ4v) is 4.32. The van der Waals surface area contributed by atoms with Crippen molar-refractivity contribution in [2.75, 3.05) is 27.2 Å². The molecule has 2 aromatic heterocycles. The van der Waals surface area contributed by atoms with Gasteiger partial charge in [-0.15, -0.1) is 0 Å². The number of likely N-dealkylation sites (N-methyl/N-ethyl adjacent to an activating group) is 1. The van der Waals surface area contributed by atoms with Gasteiger partial charge in [-0.3, -0.25) is 4.98 Å². The maximum absolute atomic E-state index is 11.3. The molecule has 2 atom stereocenters. The molecular formula is C24H26N4O3S. The van der Waals surface area contributed by atoms with Crippen LogP contribution in [-0.2, 0) is 0 Å². The highest BCUT2D eigenvalue weighted by molar-refractivity contribution is 7.80. The molecule has 0 unspecified atom stereocenters. The lowest BCUT2D eigenvalue weighted by Gasteiger charge is -2.27. The van der Waals surface area contributed by atoms with Crippen LogP contribution in [-0.4, -0.2) is 58.2 Å². The normalized spacial score (nSPS) is 18.2. The van der Waals surface area contributed by atoms with Crippen LogP contribution in [0.5, 0.6) is 0 Å². The minimum absolute atomic E-state index is 0.139. The Kier molecular flexibility index (Phi) is 6.25. The highest BCUT2D eigenvalue weighted by Crippen LogP contribution is 2.40. The molecule has 0 spiro atoms. The second-order valence-electron chi connectivity index (χ2n) is 8.16. The van der Waals surface area contributed by atoms with Crippen LogP contribution in [0.2, 0.25) is 0 Å². The van der Waals surface area contributed by atoms with E-state index in [0.717, 1.165) is 35.7 Å². The number of rotatable bonds is 7.